The van der Waals surface area contributed by atoms with Crippen LogP contribution in [0.15, 0.2) is 82.4 Å². The summed E-state index contributed by atoms with van der Waals surface area (Å²) in [4.78, 5) is 25.5. The van der Waals surface area contributed by atoms with E-state index < -0.39 is 11.9 Å². The average molecular weight is 469 g/mol. The summed E-state index contributed by atoms with van der Waals surface area (Å²) >= 11 is 0. The van der Waals surface area contributed by atoms with Gasteiger partial charge in [-0.05, 0) is 37.3 Å². The second-order valence-electron chi connectivity index (χ2n) is 7.52. The number of nitrogens with zero attached hydrogens (tertiary/aromatic N) is 2. The number of hydrogen-bond acceptors (Lipinski definition) is 8. The van der Waals surface area contributed by atoms with Gasteiger partial charge < -0.3 is 18.7 Å². The Balaban J connectivity index is 1.30. The van der Waals surface area contributed by atoms with Crippen LogP contribution in [0.25, 0.3) is 11.3 Å². The third kappa shape index (κ3) is 4.60. The molecule has 0 fully saturated rings. The summed E-state index contributed by atoms with van der Waals surface area (Å²) in [5, 5.41) is 8.05. The molecule has 0 saturated carbocycles. The van der Waals surface area contributed by atoms with Gasteiger partial charge in [0.2, 0.25) is 6.79 Å². The zero-order valence-electron chi connectivity index (χ0n) is 18.6. The fourth-order valence-electron chi connectivity index (χ4n) is 3.51. The number of amides is 1. The molecule has 1 aliphatic rings. The third-order valence-electron chi connectivity index (χ3n) is 5.24. The lowest BCUT2D eigenvalue weighted by molar-refractivity contribution is 0.0733. The van der Waals surface area contributed by atoms with E-state index in [4.69, 9.17) is 18.7 Å². The van der Waals surface area contributed by atoms with Crippen molar-refractivity contribution in [3.8, 4) is 28.5 Å². The lowest BCUT2D eigenvalue weighted by Crippen LogP contribution is -2.19. The fourth-order valence-corrected chi connectivity index (χ4v) is 3.51. The molecule has 1 amide bonds. The Kier molecular flexibility index (Phi) is 5.96. The Morgan fingerprint density at radius 1 is 1.00 bits per heavy atom. The standard InChI is InChI=1S/C26H19N3O6/c1-16-23(24(29-35-16)17-7-3-2-4-8-17)25(30)28-27-14-19-9-5-6-10-20(19)34-26(31)18-11-12-21-22(13-18)33-15-32-21/h2-14H,15H2,1H3,(H,28,30)/b27-14+. The molecule has 3 aromatic carbocycles. The zero-order chi connectivity index (χ0) is 24.2. The first-order valence-electron chi connectivity index (χ1n) is 10.7. The van der Waals surface area contributed by atoms with Crippen molar-refractivity contribution < 1.29 is 28.3 Å². The quantitative estimate of drug-likeness (QED) is 0.193. The van der Waals surface area contributed by atoms with E-state index in [1.165, 1.54) is 6.21 Å². The van der Waals surface area contributed by atoms with Crippen LogP contribution in [-0.2, 0) is 0 Å². The molecule has 4 aromatic rings. The number of nitrogens with one attached hydrogen (secondary N) is 1. The third-order valence-corrected chi connectivity index (χ3v) is 5.24. The number of fused-ring (bicyclic) bond motifs is 1. The number of hydrazone groups is 1. The van der Waals surface area contributed by atoms with Gasteiger partial charge in [0.1, 0.15) is 22.8 Å². The van der Waals surface area contributed by atoms with E-state index in [0.717, 1.165) is 5.56 Å². The van der Waals surface area contributed by atoms with Crippen LogP contribution in [-0.4, -0.2) is 30.0 Å². The van der Waals surface area contributed by atoms with Gasteiger partial charge in [-0.15, -0.1) is 0 Å². The topological polar surface area (TPSA) is 112 Å². The van der Waals surface area contributed by atoms with E-state index in [0.29, 0.717) is 34.1 Å². The van der Waals surface area contributed by atoms with Crippen molar-refractivity contribution in [1.29, 1.82) is 0 Å². The summed E-state index contributed by atoms with van der Waals surface area (Å²) in [5.41, 5.74) is 4.75. The summed E-state index contributed by atoms with van der Waals surface area (Å²) in [7, 11) is 0. The highest BCUT2D eigenvalue weighted by Gasteiger charge is 2.21. The second-order valence-corrected chi connectivity index (χ2v) is 7.52. The van der Waals surface area contributed by atoms with Crippen LogP contribution < -0.4 is 19.6 Å². The molecule has 9 nitrogen and oxygen atoms in total. The Labute approximate surface area is 199 Å². The number of benzene rings is 3. The molecule has 35 heavy (non-hydrogen) atoms. The van der Waals surface area contributed by atoms with Gasteiger partial charge in [-0.25, -0.2) is 10.2 Å². The second kappa shape index (κ2) is 9.52. The monoisotopic (exact) mass is 469 g/mol. The van der Waals surface area contributed by atoms with Crippen molar-refractivity contribution in [3.05, 3.63) is 95.2 Å². The maximum absolute atomic E-state index is 12.8. The number of carbonyl (C=O) groups excluding carboxylic acids is 2. The van der Waals surface area contributed by atoms with Crippen molar-refractivity contribution in [2.45, 2.75) is 6.92 Å². The molecule has 0 unspecified atom stereocenters. The van der Waals surface area contributed by atoms with Gasteiger partial charge in [-0.2, -0.15) is 5.10 Å². The van der Waals surface area contributed by atoms with Gasteiger partial charge in [-0.3, -0.25) is 4.79 Å². The van der Waals surface area contributed by atoms with Crippen molar-refractivity contribution in [3.63, 3.8) is 0 Å². The van der Waals surface area contributed by atoms with E-state index in [-0.39, 0.29) is 18.1 Å². The predicted octanol–water partition coefficient (Wildman–Crippen LogP) is 4.36. The molecule has 1 aromatic heterocycles. The number of hydrogen-bond donors (Lipinski definition) is 1. The van der Waals surface area contributed by atoms with Crippen LogP contribution in [0.1, 0.15) is 32.0 Å². The van der Waals surface area contributed by atoms with Gasteiger partial charge in [0, 0.05) is 11.1 Å². The molecular formula is C26H19N3O6. The van der Waals surface area contributed by atoms with Crippen LogP contribution in [0, 0.1) is 6.92 Å². The van der Waals surface area contributed by atoms with E-state index in [1.54, 1.807) is 49.4 Å². The van der Waals surface area contributed by atoms with Crippen LogP contribution in [0.4, 0.5) is 0 Å². The zero-order valence-corrected chi connectivity index (χ0v) is 18.6. The molecular weight excluding hydrogens is 450 g/mol. The number of rotatable bonds is 6. The van der Waals surface area contributed by atoms with Gasteiger partial charge in [0.05, 0.1) is 11.8 Å². The molecule has 0 radical (unpaired) electrons. The highest BCUT2D eigenvalue weighted by atomic mass is 16.7. The molecule has 0 atom stereocenters. The highest BCUT2D eigenvalue weighted by molar-refractivity contribution is 6.01. The largest absolute Gasteiger partial charge is 0.454 e. The molecule has 1 aliphatic heterocycles. The van der Waals surface area contributed by atoms with Crippen molar-refractivity contribution in [1.82, 2.24) is 10.6 Å². The molecule has 0 saturated heterocycles. The Hall–Kier alpha value is -4.92. The molecule has 0 spiro atoms. The highest BCUT2D eigenvalue weighted by Crippen LogP contribution is 2.33. The summed E-state index contributed by atoms with van der Waals surface area (Å²) < 4.78 is 21.4. The van der Waals surface area contributed by atoms with Crippen molar-refractivity contribution in [2.75, 3.05) is 6.79 Å². The Morgan fingerprint density at radius 2 is 1.77 bits per heavy atom. The minimum absolute atomic E-state index is 0.111. The SMILES string of the molecule is Cc1onc(-c2ccccc2)c1C(=O)N/N=C/c1ccccc1OC(=O)c1ccc2c(c1)OCO2. The van der Waals surface area contributed by atoms with Gasteiger partial charge >= 0.3 is 5.97 Å². The minimum Gasteiger partial charge on any atom is -0.454 e. The smallest absolute Gasteiger partial charge is 0.343 e. The van der Waals surface area contributed by atoms with E-state index in [9.17, 15) is 9.59 Å². The van der Waals surface area contributed by atoms with Crippen molar-refractivity contribution in [2.24, 2.45) is 5.10 Å². The first-order valence-corrected chi connectivity index (χ1v) is 10.7. The summed E-state index contributed by atoms with van der Waals surface area (Å²) in [5.74, 6) is 0.655. The van der Waals surface area contributed by atoms with Crippen LogP contribution in [0.5, 0.6) is 17.2 Å². The molecule has 9 heteroatoms. The lowest BCUT2D eigenvalue weighted by Gasteiger charge is -2.08. The number of carbonyl (C=O) groups is 2. The lowest BCUT2D eigenvalue weighted by atomic mass is 10.1. The maximum atomic E-state index is 12.8. The summed E-state index contributed by atoms with van der Waals surface area (Å²) in [6, 6.07) is 20.9. The Morgan fingerprint density at radius 3 is 2.63 bits per heavy atom. The molecule has 0 aliphatic carbocycles. The van der Waals surface area contributed by atoms with Crippen LogP contribution >= 0.6 is 0 Å². The maximum Gasteiger partial charge on any atom is 0.343 e. The van der Waals surface area contributed by atoms with Crippen LogP contribution in [0.2, 0.25) is 0 Å². The number of para-hydroxylation sites is 1. The van der Waals surface area contributed by atoms with Crippen molar-refractivity contribution >= 4 is 18.1 Å². The Bertz CT molecular complexity index is 1430. The van der Waals surface area contributed by atoms with Gasteiger partial charge in [-0.1, -0.05) is 47.6 Å². The normalized spacial score (nSPS) is 12.0. The molecule has 2 heterocycles. The summed E-state index contributed by atoms with van der Waals surface area (Å²) in [6.07, 6.45) is 1.39. The first kappa shape index (κ1) is 21.9. The molecule has 0 bridgehead atoms. The number of aryl methyl sites for hydroxylation is 1. The first-order chi connectivity index (χ1) is 17.1. The van der Waals surface area contributed by atoms with Crippen LogP contribution in [0.3, 0.4) is 0 Å². The molecule has 174 valence electrons. The van der Waals surface area contributed by atoms with E-state index in [1.807, 2.05) is 30.3 Å². The molecule has 5 rings (SSSR count). The van der Waals surface area contributed by atoms with Gasteiger partial charge in [0.25, 0.3) is 5.91 Å². The fraction of sp³-hybridized carbons (Fsp3) is 0.0769. The van der Waals surface area contributed by atoms with Gasteiger partial charge in [0.15, 0.2) is 11.5 Å². The van der Waals surface area contributed by atoms with E-state index in [2.05, 4.69) is 15.7 Å². The molecule has 1 N–H and O–H groups in total. The number of ether oxygens (including phenoxy) is 3. The minimum atomic E-state index is -0.569. The average Bonchev–Trinajstić information content (AvgIpc) is 3.51. The predicted molar refractivity (Wildman–Crippen MR) is 126 cm³/mol. The summed E-state index contributed by atoms with van der Waals surface area (Å²) in [6.45, 7) is 1.77. The number of esters is 1. The number of aromatic nitrogens is 1. The van der Waals surface area contributed by atoms with E-state index >= 15 is 0 Å².